The van der Waals surface area contributed by atoms with Gasteiger partial charge in [-0.1, -0.05) is 25.5 Å². The quantitative estimate of drug-likeness (QED) is 0.752. The van der Waals surface area contributed by atoms with Crippen molar-refractivity contribution in [3.63, 3.8) is 0 Å². The highest BCUT2D eigenvalue weighted by Gasteiger charge is 2.24. The zero-order chi connectivity index (χ0) is 13.7. The van der Waals surface area contributed by atoms with Gasteiger partial charge in [-0.25, -0.2) is 9.59 Å². The number of amides is 2. The number of rotatable bonds is 4. The molecule has 1 atom stereocenters. The highest BCUT2D eigenvalue weighted by atomic mass is 16.4. The second-order valence-corrected chi connectivity index (χ2v) is 5.23. The highest BCUT2D eigenvalue weighted by Crippen LogP contribution is 2.10. The summed E-state index contributed by atoms with van der Waals surface area (Å²) >= 11 is 0. The van der Waals surface area contributed by atoms with Gasteiger partial charge in [-0.15, -0.1) is 0 Å². The lowest BCUT2D eigenvalue weighted by molar-refractivity contribution is -0.139. The summed E-state index contributed by atoms with van der Waals surface area (Å²) in [5, 5.41) is 11.7. The highest BCUT2D eigenvalue weighted by molar-refractivity contribution is 5.82. The average Bonchev–Trinajstić information content (AvgIpc) is 2.27. The van der Waals surface area contributed by atoms with Crippen LogP contribution in [0.5, 0.6) is 0 Å². The average molecular weight is 254 g/mol. The SMILES string of the molecule is CC1=CCCN(C(=O)N[C@@H](CC(C)C)C(=O)O)C1. The number of aliphatic carboxylic acids is 1. The molecule has 0 unspecified atom stereocenters. The molecule has 0 radical (unpaired) electrons. The van der Waals surface area contributed by atoms with Crippen molar-refractivity contribution in [1.82, 2.24) is 10.2 Å². The van der Waals surface area contributed by atoms with Crippen molar-refractivity contribution in [2.75, 3.05) is 13.1 Å². The second-order valence-electron chi connectivity index (χ2n) is 5.23. The van der Waals surface area contributed by atoms with E-state index in [1.54, 1.807) is 4.90 Å². The summed E-state index contributed by atoms with van der Waals surface area (Å²) in [6, 6.07) is -1.08. The lowest BCUT2D eigenvalue weighted by atomic mass is 10.0. The predicted molar refractivity (Wildman–Crippen MR) is 69.4 cm³/mol. The minimum absolute atomic E-state index is 0.231. The number of carbonyl (C=O) groups is 2. The van der Waals surface area contributed by atoms with Gasteiger partial charge in [0.2, 0.25) is 0 Å². The lowest BCUT2D eigenvalue weighted by Gasteiger charge is -2.28. The van der Waals surface area contributed by atoms with E-state index in [1.165, 1.54) is 0 Å². The van der Waals surface area contributed by atoms with Crippen LogP contribution in [0.3, 0.4) is 0 Å². The monoisotopic (exact) mass is 254 g/mol. The van der Waals surface area contributed by atoms with Crippen molar-refractivity contribution >= 4 is 12.0 Å². The Hall–Kier alpha value is -1.52. The molecule has 1 rings (SSSR count). The molecule has 0 fully saturated rings. The molecule has 5 heteroatoms. The Morgan fingerprint density at radius 1 is 1.50 bits per heavy atom. The van der Waals surface area contributed by atoms with Crippen LogP contribution in [-0.2, 0) is 4.79 Å². The molecular formula is C13H22N2O3. The van der Waals surface area contributed by atoms with E-state index < -0.39 is 12.0 Å². The van der Waals surface area contributed by atoms with Crippen LogP contribution in [0.1, 0.15) is 33.6 Å². The topological polar surface area (TPSA) is 69.6 Å². The van der Waals surface area contributed by atoms with Gasteiger partial charge >= 0.3 is 12.0 Å². The third kappa shape index (κ3) is 4.39. The standard InChI is InChI=1S/C13H22N2O3/c1-9(2)7-11(12(16)17)14-13(18)15-6-4-5-10(3)8-15/h5,9,11H,4,6-8H2,1-3H3,(H,14,18)(H,16,17)/t11-/m0/s1. The van der Waals surface area contributed by atoms with Gasteiger partial charge in [0.1, 0.15) is 6.04 Å². The number of carboxylic acids is 1. The van der Waals surface area contributed by atoms with Crippen LogP contribution in [0.15, 0.2) is 11.6 Å². The summed E-state index contributed by atoms with van der Waals surface area (Å²) in [4.78, 5) is 24.7. The van der Waals surface area contributed by atoms with Gasteiger partial charge in [0.25, 0.3) is 0 Å². The largest absolute Gasteiger partial charge is 0.480 e. The fourth-order valence-electron chi connectivity index (χ4n) is 2.02. The van der Waals surface area contributed by atoms with E-state index in [1.807, 2.05) is 20.8 Å². The molecule has 1 heterocycles. The maximum Gasteiger partial charge on any atom is 0.326 e. The molecule has 0 aliphatic carbocycles. The van der Waals surface area contributed by atoms with Crippen LogP contribution >= 0.6 is 0 Å². The van der Waals surface area contributed by atoms with Crippen LogP contribution in [0.2, 0.25) is 0 Å². The Kier molecular flexibility index (Phi) is 5.19. The van der Waals surface area contributed by atoms with E-state index in [0.29, 0.717) is 19.5 Å². The van der Waals surface area contributed by atoms with Crippen molar-refractivity contribution in [1.29, 1.82) is 0 Å². The molecule has 0 saturated carbocycles. The van der Waals surface area contributed by atoms with E-state index in [9.17, 15) is 9.59 Å². The maximum absolute atomic E-state index is 12.0. The zero-order valence-corrected chi connectivity index (χ0v) is 11.3. The van der Waals surface area contributed by atoms with Gasteiger partial charge in [-0.2, -0.15) is 0 Å². The van der Waals surface area contributed by atoms with Gasteiger partial charge in [0.05, 0.1) is 0 Å². The Balaban J connectivity index is 2.56. The number of carboxylic acid groups (broad SMARTS) is 1. The van der Waals surface area contributed by atoms with E-state index in [-0.39, 0.29) is 11.9 Å². The molecule has 0 aromatic rings. The molecule has 1 aliphatic heterocycles. The van der Waals surface area contributed by atoms with Gasteiger partial charge in [-0.3, -0.25) is 0 Å². The normalized spacial score (nSPS) is 17.3. The third-order valence-corrected chi connectivity index (χ3v) is 2.92. The predicted octanol–water partition coefficient (Wildman–Crippen LogP) is 1.85. The number of hydrogen-bond donors (Lipinski definition) is 2. The number of nitrogens with one attached hydrogen (secondary N) is 1. The van der Waals surface area contributed by atoms with Crippen LogP contribution in [0, 0.1) is 5.92 Å². The van der Waals surface area contributed by atoms with Gasteiger partial charge in [-0.05, 0) is 25.7 Å². The van der Waals surface area contributed by atoms with Crippen molar-refractivity contribution in [2.24, 2.45) is 5.92 Å². The molecule has 2 N–H and O–H groups in total. The van der Waals surface area contributed by atoms with E-state index in [0.717, 1.165) is 12.0 Å². The first-order valence-electron chi connectivity index (χ1n) is 6.34. The second kappa shape index (κ2) is 6.42. The van der Waals surface area contributed by atoms with Gasteiger partial charge < -0.3 is 15.3 Å². The Bertz CT molecular complexity index is 350. The van der Waals surface area contributed by atoms with E-state index >= 15 is 0 Å². The Morgan fingerprint density at radius 3 is 2.67 bits per heavy atom. The molecule has 2 amide bonds. The molecule has 0 spiro atoms. The molecule has 0 aromatic carbocycles. The first-order valence-corrected chi connectivity index (χ1v) is 6.34. The molecule has 1 aliphatic rings. The Labute approximate surface area is 108 Å². The van der Waals surface area contributed by atoms with Crippen LogP contribution < -0.4 is 5.32 Å². The van der Waals surface area contributed by atoms with Crippen LogP contribution in [-0.4, -0.2) is 41.1 Å². The minimum atomic E-state index is -0.971. The molecule has 0 saturated heterocycles. The number of carbonyl (C=O) groups excluding carboxylic acids is 1. The van der Waals surface area contributed by atoms with Gasteiger partial charge in [0, 0.05) is 13.1 Å². The van der Waals surface area contributed by atoms with Crippen molar-refractivity contribution in [2.45, 2.75) is 39.7 Å². The molecule has 0 bridgehead atoms. The summed E-state index contributed by atoms with van der Waals surface area (Å²) in [5.74, 6) is -0.740. The van der Waals surface area contributed by atoms with Crippen LogP contribution in [0.25, 0.3) is 0 Å². The number of urea groups is 1. The minimum Gasteiger partial charge on any atom is -0.480 e. The molecule has 102 valence electrons. The summed E-state index contributed by atoms with van der Waals surface area (Å²) in [6.45, 7) is 7.09. The fourth-order valence-corrected chi connectivity index (χ4v) is 2.02. The van der Waals surface area contributed by atoms with E-state index in [4.69, 9.17) is 5.11 Å². The van der Waals surface area contributed by atoms with Crippen molar-refractivity contribution in [3.8, 4) is 0 Å². The first-order chi connectivity index (χ1) is 8.40. The van der Waals surface area contributed by atoms with E-state index in [2.05, 4.69) is 11.4 Å². The van der Waals surface area contributed by atoms with Crippen molar-refractivity contribution < 1.29 is 14.7 Å². The molecular weight excluding hydrogens is 232 g/mol. The lowest BCUT2D eigenvalue weighted by Crippen LogP contribution is -2.49. The Morgan fingerprint density at radius 2 is 2.17 bits per heavy atom. The molecule has 5 nitrogen and oxygen atoms in total. The summed E-state index contributed by atoms with van der Waals surface area (Å²) < 4.78 is 0. The third-order valence-electron chi connectivity index (χ3n) is 2.92. The smallest absolute Gasteiger partial charge is 0.326 e. The summed E-state index contributed by atoms with van der Waals surface area (Å²) in [5.41, 5.74) is 1.15. The molecule has 18 heavy (non-hydrogen) atoms. The summed E-state index contributed by atoms with van der Waals surface area (Å²) in [6.07, 6.45) is 3.39. The zero-order valence-electron chi connectivity index (χ0n) is 11.3. The number of nitrogens with zero attached hydrogens (tertiary/aromatic N) is 1. The summed E-state index contributed by atoms with van der Waals surface area (Å²) in [7, 11) is 0. The van der Waals surface area contributed by atoms with Crippen LogP contribution in [0.4, 0.5) is 4.79 Å². The van der Waals surface area contributed by atoms with Crippen molar-refractivity contribution in [3.05, 3.63) is 11.6 Å². The first kappa shape index (κ1) is 14.5. The fraction of sp³-hybridized carbons (Fsp3) is 0.692. The number of hydrogen-bond acceptors (Lipinski definition) is 2. The van der Waals surface area contributed by atoms with Gasteiger partial charge in [0.15, 0.2) is 0 Å². The molecule has 0 aromatic heterocycles. The maximum atomic E-state index is 12.0.